The highest BCUT2D eigenvalue weighted by molar-refractivity contribution is 5.67. The van der Waals surface area contributed by atoms with Gasteiger partial charge in [0.15, 0.2) is 0 Å². The summed E-state index contributed by atoms with van der Waals surface area (Å²) in [6.07, 6.45) is 1.52. The number of rotatable bonds is 7. The van der Waals surface area contributed by atoms with Crippen LogP contribution in [0.5, 0.6) is 11.5 Å². The molecule has 29 heavy (non-hydrogen) atoms. The van der Waals surface area contributed by atoms with Gasteiger partial charge in [-0.1, -0.05) is 0 Å². The average Bonchev–Trinajstić information content (AvgIpc) is 2.73. The number of nitrogens with one attached hydrogen (secondary N) is 1. The van der Waals surface area contributed by atoms with E-state index in [2.05, 4.69) is 5.32 Å². The van der Waals surface area contributed by atoms with Crippen LogP contribution in [-0.2, 0) is 0 Å². The monoisotopic (exact) mass is 402 g/mol. The first-order valence-electron chi connectivity index (χ1n) is 9.08. The number of benzene rings is 2. The maximum Gasteiger partial charge on any atom is 0.299 e. The number of methoxy groups -OCH3 is 2. The van der Waals surface area contributed by atoms with Crippen molar-refractivity contribution in [1.29, 1.82) is 0 Å². The maximum atomic E-state index is 11.4. The third-order valence-electron chi connectivity index (χ3n) is 4.92. The molecule has 154 valence electrons. The summed E-state index contributed by atoms with van der Waals surface area (Å²) >= 11 is 0. The van der Waals surface area contributed by atoms with Gasteiger partial charge in [0.25, 0.3) is 11.4 Å². The number of nitro benzene ring substituents is 2. The molecule has 1 heterocycles. The van der Waals surface area contributed by atoms with Crippen LogP contribution in [0, 0.1) is 20.2 Å². The number of hydrogen-bond donors (Lipinski definition) is 1. The molecule has 0 unspecified atom stereocenters. The number of non-ortho nitro benzene ring substituents is 1. The molecule has 3 rings (SSSR count). The van der Waals surface area contributed by atoms with E-state index in [-0.39, 0.29) is 17.4 Å². The first-order chi connectivity index (χ1) is 13.9. The van der Waals surface area contributed by atoms with Gasteiger partial charge in [0, 0.05) is 49.1 Å². The molecule has 0 radical (unpaired) electrons. The van der Waals surface area contributed by atoms with Crippen molar-refractivity contribution in [2.24, 2.45) is 0 Å². The Balaban J connectivity index is 1.70. The SMILES string of the molecule is COc1cc(NC2CCN(c3ccc([N+](=O)[O-])cc3[N+](=O)[O-])CC2)cc(OC)c1. The lowest BCUT2D eigenvalue weighted by Crippen LogP contribution is -2.39. The molecular formula is C19H22N4O6. The Kier molecular flexibility index (Phi) is 6.01. The highest BCUT2D eigenvalue weighted by Crippen LogP contribution is 2.34. The van der Waals surface area contributed by atoms with Gasteiger partial charge in [-0.15, -0.1) is 0 Å². The van der Waals surface area contributed by atoms with Crippen molar-refractivity contribution in [1.82, 2.24) is 0 Å². The van der Waals surface area contributed by atoms with E-state index in [1.54, 1.807) is 20.3 Å². The number of nitrogens with zero attached hydrogens (tertiary/aromatic N) is 3. The molecule has 0 bridgehead atoms. The lowest BCUT2D eigenvalue weighted by molar-refractivity contribution is -0.393. The van der Waals surface area contributed by atoms with Gasteiger partial charge in [-0.3, -0.25) is 20.2 Å². The fourth-order valence-corrected chi connectivity index (χ4v) is 3.43. The quantitative estimate of drug-likeness (QED) is 0.551. The normalized spacial score (nSPS) is 14.3. The molecule has 0 saturated carbocycles. The van der Waals surface area contributed by atoms with Crippen LogP contribution in [0.1, 0.15) is 12.8 Å². The van der Waals surface area contributed by atoms with Gasteiger partial charge in [-0.05, 0) is 18.9 Å². The zero-order valence-corrected chi connectivity index (χ0v) is 16.2. The fraction of sp³-hybridized carbons (Fsp3) is 0.368. The molecule has 0 aliphatic carbocycles. The molecule has 0 amide bonds. The molecule has 0 aromatic heterocycles. The van der Waals surface area contributed by atoms with Gasteiger partial charge in [0.05, 0.1) is 30.1 Å². The van der Waals surface area contributed by atoms with Gasteiger partial charge in [-0.2, -0.15) is 0 Å². The summed E-state index contributed by atoms with van der Waals surface area (Å²) < 4.78 is 10.6. The molecule has 1 aliphatic heterocycles. The molecular weight excluding hydrogens is 380 g/mol. The molecule has 2 aromatic carbocycles. The van der Waals surface area contributed by atoms with Crippen molar-refractivity contribution in [3.05, 3.63) is 56.6 Å². The van der Waals surface area contributed by atoms with Crippen LogP contribution >= 0.6 is 0 Å². The van der Waals surface area contributed by atoms with E-state index in [0.29, 0.717) is 30.3 Å². The van der Waals surface area contributed by atoms with E-state index in [1.807, 2.05) is 17.0 Å². The predicted molar refractivity (Wildman–Crippen MR) is 108 cm³/mol. The average molecular weight is 402 g/mol. The number of nitro groups is 2. The minimum atomic E-state index is -0.630. The summed E-state index contributed by atoms with van der Waals surface area (Å²) in [6, 6.07) is 9.52. The Labute approximate surface area is 167 Å². The second kappa shape index (κ2) is 8.63. The highest BCUT2D eigenvalue weighted by atomic mass is 16.6. The van der Waals surface area contributed by atoms with Crippen molar-refractivity contribution in [2.75, 3.05) is 37.5 Å². The summed E-state index contributed by atoms with van der Waals surface area (Å²) in [6.45, 7) is 1.19. The Morgan fingerprint density at radius 2 is 1.59 bits per heavy atom. The first-order valence-corrected chi connectivity index (χ1v) is 9.08. The minimum absolute atomic E-state index is 0.181. The summed E-state index contributed by atoms with van der Waals surface area (Å²) in [5, 5.41) is 25.8. The summed E-state index contributed by atoms with van der Waals surface area (Å²) in [4.78, 5) is 23.0. The molecule has 1 aliphatic rings. The molecule has 1 saturated heterocycles. The third-order valence-corrected chi connectivity index (χ3v) is 4.92. The van der Waals surface area contributed by atoms with E-state index in [4.69, 9.17) is 9.47 Å². The largest absolute Gasteiger partial charge is 0.497 e. The van der Waals surface area contributed by atoms with E-state index in [9.17, 15) is 20.2 Å². The van der Waals surface area contributed by atoms with Crippen molar-refractivity contribution in [2.45, 2.75) is 18.9 Å². The Morgan fingerprint density at radius 3 is 2.10 bits per heavy atom. The second-order valence-electron chi connectivity index (χ2n) is 6.69. The van der Waals surface area contributed by atoms with Crippen molar-refractivity contribution in [3.63, 3.8) is 0 Å². The van der Waals surface area contributed by atoms with Gasteiger partial charge < -0.3 is 19.7 Å². The summed E-state index contributed by atoms with van der Waals surface area (Å²) in [5.74, 6) is 1.37. The van der Waals surface area contributed by atoms with Crippen LogP contribution in [0.25, 0.3) is 0 Å². The second-order valence-corrected chi connectivity index (χ2v) is 6.69. The zero-order chi connectivity index (χ0) is 21.0. The third kappa shape index (κ3) is 4.65. The lowest BCUT2D eigenvalue weighted by atomic mass is 10.0. The van der Waals surface area contributed by atoms with Crippen molar-refractivity contribution in [3.8, 4) is 11.5 Å². The number of hydrogen-bond acceptors (Lipinski definition) is 8. The molecule has 0 spiro atoms. The molecule has 2 aromatic rings. The Bertz CT molecular complexity index is 889. The van der Waals surface area contributed by atoms with Crippen LogP contribution in [0.15, 0.2) is 36.4 Å². The van der Waals surface area contributed by atoms with Crippen LogP contribution < -0.4 is 19.7 Å². The van der Waals surface area contributed by atoms with Gasteiger partial charge >= 0.3 is 0 Å². The van der Waals surface area contributed by atoms with Crippen molar-refractivity contribution >= 4 is 22.7 Å². The highest BCUT2D eigenvalue weighted by Gasteiger charge is 2.27. The molecule has 1 fully saturated rings. The minimum Gasteiger partial charge on any atom is -0.497 e. The van der Waals surface area contributed by atoms with Crippen molar-refractivity contribution < 1.29 is 19.3 Å². The van der Waals surface area contributed by atoms with E-state index >= 15 is 0 Å². The summed E-state index contributed by atoms with van der Waals surface area (Å²) in [5.41, 5.74) is 0.746. The Morgan fingerprint density at radius 1 is 0.966 bits per heavy atom. The zero-order valence-electron chi connectivity index (χ0n) is 16.2. The first kappa shape index (κ1) is 20.2. The van der Waals surface area contributed by atoms with Crippen LogP contribution in [0.2, 0.25) is 0 Å². The molecule has 10 heteroatoms. The van der Waals surface area contributed by atoms with Crippen LogP contribution in [0.3, 0.4) is 0 Å². The molecule has 10 nitrogen and oxygen atoms in total. The van der Waals surface area contributed by atoms with E-state index in [1.165, 1.54) is 12.1 Å². The van der Waals surface area contributed by atoms with E-state index < -0.39 is 9.85 Å². The Hall–Kier alpha value is -3.56. The number of anilines is 2. The molecule has 1 N–H and O–H groups in total. The fourth-order valence-electron chi connectivity index (χ4n) is 3.43. The predicted octanol–water partition coefficient (Wildman–Crippen LogP) is 3.60. The molecule has 0 atom stereocenters. The van der Waals surface area contributed by atoms with E-state index in [0.717, 1.165) is 24.6 Å². The summed E-state index contributed by atoms with van der Waals surface area (Å²) in [7, 11) is 3.18. The smallest absolute Gasteiger partial charge is 0.299 e. The topological polar surface area (TPSA) is 120 Å². The lowest BCUT2D eigenvalue weighted by Gasteiger charge is -2.34. The van der Waals surface area contributed by atoms with Gasteiger partial charge in [0.1, 0.15) is 17.2 Å². The van der Waals surface area contributed by atoms with Gasteiger partial charge in [0.2, 0.25) is 0 Å². The van der Waals surface area contributed by atoms with Gasteiger partial charge in [-0.25, -0.2) is 0 Å². The maximum absolute atomic E-state index is 11.4. The van der Waals surface area contributed by atoms with Crippen LogP contribution in [0.4, 0.5) is 22.7 Å². The number of piperidine rings is 1. The standard InChI is InChI=1S/C19H22N4O6/c1-28-16-9-14(10-17(12-16)29-2)20-13-5-7-21(8-6-13)18-4-3-15(22(24)25)11-19(18)23(26)27/h3-4,9-13,20H,5-8H2,1-2H3. The number of ether oxygens (including phenoxy) is 2. The van der Waals surface area contributed by atoms with Crippen LogP contribution in [-0.4, -0.2) is 43.2 Å².